The van der Waals surface area contributed by atoms with Gasteiger partial charge in [0.1, 0.15) is 6.61 Å². The Labute approximate surface area is 50.2 Å². The SMILES string of the molecule is [CH2]CCCC(O)C[O]. The molecule has 1 unspecified atom stereocenters. The molecule has 0 aromatic heterocycles. The maximum Gasteiger partial charge on any atom is 0.108 e. The number of hydrogen-bond donors (Lipinski definition) is 1. The van der Waals surface area contributed by atoms with E-state index in [1.54, 1.807) is 0 Å². The van der Waals surface area contributed by atoms with Gasteiger partial charge in [-0.05, 0) is 6.42 Å². The molecular weight excluding hydrogens is 104 g/mol. The fourth-order valence-electron chi connectivity index (χ4n) is 0.463. The molecule has 2 heteroatoms. The van der Waals surface area contributed by atoms with E-state index >= 15 is 0 Å². The highest BCUT2D eigenvalue weighted by molar-refractivity contribution is 4.52. The van der Waals surface area contributed by atoms with Crippen molar-refractivity contribution in [1.29, 1.82) is 0 Å². The Morgan fingerprint density at radius 3 is 2.62 bits per heavy atom. The molecule has 0 aliphatic carbocycles. The minimum atomic E-state index is -0.642. The van der Waals surface area contributed by atoms with Crippen LogP contribution in [0.15, 0.2) is 0 Å². The summed E-state index contributed by atoms with van der Waals surface area (Å²) in [5, 5.41) is 18.5. The Kier molecular flexibility index (Phi) is 5.01. The lowest BCUT2D eigenvalue weighted by atomic mass is 10.2. The van der Waals surface area contributed by atoms with E-state index in [9.17, 15) is 5.11 Å². The van der Waals surface area contributed by atoms with Gasteiger partial charge in [-0.3, -0.25) is 0 Å². The molecular formula is C6H12O2. The Balaban J connectivity index is 2.86. The summed E-state index contributed by atoms with van der Waals surface area (Å²) in [6, 6.07) is 0. The molecule has 0 spiro atoms. The average Bonchev–Trinajstić information content (AvgIpc) is 1.83. The summed E-state index contributed by atoms with van der Waals surface area (Å²) in [6.07, 6.45) is 1.62. The summed E-state index contributed by atoms with van der Waals surface area (Å²) < 4.78 is 0. The molecule has 1 atom stereocenters. The molecule has 0 amide bonds. The van der Waals surface area contributed by atoms with E-state index in [0.29, 0.717) is 6.42 Å². The molecule has 2 nitrogen and oxygen atoms in total. The average molecular weight is 116 g/mol. The van der Waals surface area contributed by atoms with Crippen molar-refractivity contribution in [3.05, 3.63) is 6.92 Å². The second kappa shape index (κ2) is 5.06. The minimum absolute atomic E-state index is 0.375. The topological polar surface area (TPSA) is 40.1 Å². The Hall–Kier alpha value is -0.0800. The first-order valence-electron chi connectivity index (χ1n) is 2.86. The van der Waals surface area contributed by atoms with Crippen LogP contribution in [0.5, 0.6) is 0 Å². The van der Waals surface area contributed by atoms with Gasteiger partial charge in [-0.2, -0.15) is 0 Å². The lowest BCUT2D eigenvalue weighted by Crippen LogP contribution is -2.09. The third-order valence-electron chi connectivity index (χ3n) is 0.980. The van der Waals surface area contributed by atoms with Crippen LogP contribution in [-0.2, 0) is 5.11 Å². The van der Waals surface area contributed by atoms with E-state index in [0.717, 1.165) is 12.8 Å². The third kappa shape index (κ3) is 4.09. The number of aliphatic hydroxyl groups excluding tert-OH is 1. The van der Waals surface area contributed by atoms with Gasteiger partial charge >= 0.3 is 0 Å². The van der Waals surface area contributed by atoms with Crippen LogP contribution < -0.4 is 0 Å². The van der Waals surface area contributed by atoms with Gasteiger partial charge in [-0.1, -0.05) is 19.8 Å². The van der Waals surface area contributed by atoms with Gasteiger partial charge in [0.2, 0.25) is 0 Å². The van der Waals surface area contributed by atoms with Crippen molar-refractivity contribution in [1.82, 2.24) is 0 Å². The van der Waals surface area contributed by atoms with Crippen LogP contribution in [0.2, 0.25) is 0 Å². The highest BCUT2D eigenvalue weighted by Gasteiger charge is 1.99. The van der Waals surface area contributed by atoms with Crippen LogP contribution in [0, 0.1) is 6.92 Å². The quantitative estimate of drug-likeness (QED) is 0.579. The molecule has 0 rings (SSSR count). The lowest BCUT2D eigenvalue weighted by molar-refractivity contribution is 0.0491. The molecule has 0 aliphatic rings. The first-order valence-corrected chi connectivity index (χ1v) is 2.86. The van der Waals surface area contributed by atoms with Gasteiger partial charge in [0.25, 0.3) is 0 Å². The van der Waals surface area contributed by atoms with Gasteiger partial charge in [0.15, 0.2) is 0 Å². The molecule has 8 heavy (non-hydrogen) atoms. The molecule has 1 N–H and O–H groups in total. The fourth-order valence-corrected chi connectivity index (χ4v) is 0.463. The second-order valence-electron chi connectivity index (χ2n) is 1.82. The van der Waals surface area contributed by atoms with E-state index in [1.807, 2.05) is 0 Å². The Morgan fingerprint density at radius 1 is 1.62 bits per heavy atom. The zero-order chi connectivity index (χ0) is 6.41. The smallest absolute Gasteiger partial charge is 0.108 e. The largest absolute Gasteiger partial charge is 0.391 e. The number of aliphatic hydroxyl groups is 1. The summed E-state index contributed by atoms with van der Waals surface area (Å²) in [4.78, 5) is 0. The van der Waals surface area contributed by atoms with Crippen LogP contribution in [-0.4, -0.2) is 17.8 Å². The highest BCUT2D eigenvalue weighted by Crippen LogP contribution is 1.97. The van der Waals surface area contributed by atoms with E-state index in [2.05, 4.69) is 6.92 Å². The maximum absolute atomic E-state index is 9.87. The van der Waals surface area contributed by atoms with Crippen LogP contribution in [0.25, 0.3) is 0 Å². The van der Waals surface area contributed by atoms with Crippen molar-refractivity contribution in [3.8, 4) is 0 Å². The summed E-state index contributed by atoms with van der Waals surface area (Å²) in [7, 11) is 0. The van der Waals surface area contributed by atoms with E-state index in [-0.39, 0.29) is 6.61 Å². The molecule has 0 fully saturated rings. The number of rotatable bonds is 4. The molecule has 0 aromatic carbocycles. The van der Waals surface area contributed by atoms with Crippen molar-refractivity contribution >= 4 is 0 Å². The van der Waals surface area contributed by atoms with Crippen molar-refractivity contribution in [2.75, 3.05) is 6.61 Å². The van der Waals surface area contributed by atoms with E-state index in [4.69, 9.17) is 5.11 Å². The first-order chi connectivity index (χ1) is 3.81. The molecule has 48 valence electrons. The molecule has 0 aromatic rings. The van der Waals surface area contributed by atoms with Crippen molar-refractivity contribution in [2.24, 2.45) is 0 Å². The van der Waals surface area contributed by atoms with Crippen LogP contribution in [0.3, 0.4) is 0 Å². The van der Waals surface area contributed by atoms with Crippen molar-refractivity contribution < 1.29 is 10.2 Å². The van der Waals surface area contributed by atoms with Gasteiger partial charge < -0.3 is 5.11 Å². The summed E-state index contributed by atoms with van der Waals surface area (Å²) in [5.41, 5.74) is 0. The van der Waals surface area contributed by atoms with Gasteiger partial charge in [-0.15, -0.1) is 0 Å². The van der Waals surface area contributed by atoms with E-state index in [1.165, 1.54) is 0 Å². The standard InChI is InChI=1S/C6H12O2/c1-2-3-4-6(8)5-7/h6,8H,1-5H2. The van der Waals surface area contributed by atoms with Crippen molar-refractivity contribution in [3.63, 3.8) is 0 Å². The maximum atomic E-state index is 9.87. The highest BCUT2D eigenvalue weighted by atomic mass is 16.3. The predicted molar refractivity (Wildman–Crippen MR) is 30.8 cm³/mol. The molecule has 0 aliphatic heterocycles. The zero-order valence-corrected chi connectivity index (χ0v) is 4.97. The summed E-state index contributed by atoms with van der Waals surface area (Å²) in [6.45, 7) is 3.20. The van der Waals surface area contributed by atoms with Crippen LogP contribution >= 0.6 is 0 Å². The van der Waals surface area contributed by atoms with E-state index < -0.39 is 6.10 Å². The molecule has 0 saturated carbocycles. The monoisotopic (exact) mass is 116 g/mol. The van der Waals surface area contributed by atoms with Gasteiger partial charge in [-0.25, -0.2) is 5.11 Å². The van der Waals surface area contributed by atoms with Crippen LogP contribution in [0.4, 0.5) is 0 Å². The molecule has 0 saturated heterocycles. The molecule has 0 bridgehead atoms. The third-order valence-corrected chi connectivity index (χ3v) is 0.980. The van der Waals surface area contributed by atoms with Crippen molar-refractivity contribution in [2.45, 2.75) is 25.4 Å². The lowest BCUT2D eigenvalue weighted by Gasteiger charge is -2.01. The summed E-state index contributed by atoms with van der Waals surface area (Å²) >= 11 is 0. The normalized spacial score (nSPS) is 13.9. The van der Waals surface area contributed by atoms with Gasteiger partial charge in [0.05, 0.1) is 6.10 Å². The Bertz CT molecular complexity index is 45.8. The first kappa shape index (κ1) is 7.92. The number of unbranched alkanes of at least 4 members (excludes halogenated alkanes) is 1. The minimum Gasteiger partial charge on any atom is -0.391 e. The second-order valence-corrected chi connectivity index (χ2v) is 1.82. The Morgan fingerprint density at radius 2 is 2.25 bits per heavy atom. The zero-order valence-electron chi connectivity index (χ0n) is 4.97. The summed E-state index contributed by atoms with van der Waals surface area (Å²) in [5.74, 6) is 0. The predicted octanol–water partition coefficient (Wildman–Crippen LogP) is 0.782. The van der Waals surface area contributed by atoms with Crippen LogP contribution in [0.1, 0.15) is 19.3 Å². The number of hydrogen-bond acceptors (Lipinski definition) is 1. The molecule has 2 radical (unpaired) electrons. The fraction of sp³-hybridized carbons (Fsp3) is 0.833. The van der Waals surface area contributed by atoms with Gasteiger partial charge in [0, 0.05) is 0 Å². The molecule has 0 heterocycles.